The van der Waals surface area contributed by atoms with Gasteiger partial charge in [0.25, 0.3) is 0 Å². The van der Waals surface area contributed by atoms with E-state index in [0.29, 0.717) is 12.3 Å². The lowest BCUT2D eigenvalue weighted by molar-refractivity contribution is 0.109. The Morgan fingerprint density at radius 2 is 2.35 bits per heavy atom. The molecule has 6 heteroatoms. The first kappa shape index (κ1) is 14.4. The first-order valence-electron chi connectivity index (χ1n) is 5.93. The zero-order valence-electron chi connectivity index (χ0n) is 10.8. The molecular formula is C11H22N2O3S. The second kappa shape index (κ2) is 6.96. The molecule has 1 rings (SSSR count). The van der Waals surface area contributed by atoms with Crippen LogP contribution in [0.15, 0.2) is 0 Å². The van der Waals surface area contributed by atoms with Crippen molar-refractivity contribution in [2.24, 2.45) is 0 Å². The Morgan fingerprint density at radius 3 is 2.88 bits per heavy atom. The van der Waals surface area contributed by atoms with Gasteiger partial charge in [0.1, 0.15) is 0 Å². The number of hydrogen-bond acceptors (Lipinski definition) is 3. The lowest BCUT2D eigenvalue weighted by Crippen LogP contribution is -2.46. The molecule has 1 fully saturated rings. The fraction of sp³-hybridized carbons (Fsp3) is 0.909. The zero-order chi connectivity index (χ0) is 12.8. The van der Waals surface area contributed by atoms with Crippen molar-refractivity contribution in [3.63, 3.8) is 0 Å². The summed E-state index contributed by atoms with van der Waals surface area (Å²) in [5.41, 5.74) is 0. The van der Waals surface area contributed by atoms with Crippen LogP contribution in [0.2, 0.25) is 0 Å². The van der Waals surface area contributed by atoms with Gasteiger partial charge in [-0.1, -0.05) is 0 Å². The van der Waals surface area contributed by atoms with Gasteiger partial charge in [-0.3, -0.25) is 4.21 Å². The monoisotopic (exact) mass is 262 g/mol. The minimum absolute atomic E-state index is 0.0228. The lowest BCUT2D eigenvalue weighted by atomic mass is 10.2. The highest BCUT2D eigenvalue weighted by Gasteiger charge is 2.20. The fourth-order valence-corrected chi connectivity index (χ4v) is 2.69. The molecule has 2 amide bonds. The van der Waals surface area contributed by atoms with E-state index in [0.717, 1.165) is 19.4 Å². The Bertz CT molecular complexity index is 280. The predicted octanol–water partition coefficient (Wildman–Crippen LogP) is 0.574. The number of amides is 2. The van der Waals surface area contributed by atoms with Gasteiger partial charge in [-0.15, -0.1) is 0 Å². The van der Waals surface area contributed by atoms with Crippen molar-refractivity contribution in [3.8, 4) is 0 Å². The third-order valence-electron chi connectivity index (χ3n) is 2.96. The van der Waals surface area contributed by atoms with E-state index in [1.54, 1.807) is 18.2 Å². The molecule has 100 valence electrons. The van der Waals surface area contributed by atoms with E-state index in [4.69, 9.17) is 4.74 Å². The van der Waals surface area contributed by atoms with Crippen molar-refractivity contribution in [1.82, 2.24) is 10.2 Å². The Kier molecular flexibility index (Phi) is 5.91. The number of hydrogen-bond donors (Lipinski definition) is 1. The zero-order valence-corrected chi connectivity index (χ0v) is 11.6. The normalized spacial score (nSPS) is 23.1. The molecule has 0 aromatic rings. The van der Waals surface area contributed by atoms with E-state index in [1.165, 1.54) is 0 Å². The Morgan fingerprint density at radius 1 is 1.65 bits per heavy atom. The van der Waals surface area contributed by atoms with Gasteiger partial charge in [-0.2, -0.15) is 0 Å². The molecule has 0 aromatic carbocycles. The molecule has 5 nitrogen and oxygen atoms in total. The largest absolute Gasteiger partial charge is 0.376 e. The standard InChI is InChI=1S/C11H22N2O3S/c1-9(8-17(3)15)13(2)11(14)12-7-10-5-4-6-16-10/h9-10H,4-8H2,1-3H3,(H,12,14)/t9-,10-,17-/m1/s1. The maximum Gasteiger partial charge on any atom is 0.317 e. The summed E-state index contributed by atoms with van der Waals surface area (Å²) in [6, 6.07) is -0.149. The lowest BCUT2D eigenvalue weighted by Gasteiger charge is -2.25. The van der Waals surface area contributed by atoms with Crippen molar-refractivity contribution in [1.29, 1.82) is 0 Å². The molecule has 17 heavy (non-hydrogen) atoms. The molecule has 1 aliphatic heterocycles. The first-order chi connectivity index (χ1) is 8.00. The van der Waals surface area contributed by atoms with Gasteiger partial charge in [0, 0.05) is 49.0 Å². The van der Waals surface area contributed by atoms with Crippen LogP contribution < -0.4 is 5.32 Å². The van der Waals surface area contributed by atoms with Gasteiger partial charge in [0.2, 0.25) is 0 Å². The molecule has 0 radical (unpaired) electrons. The van der Waals surface area contributed by atoms with Crippen molar-refractivity contribution >= 4 is 16.8 Å². The van der Waals surface area contributed by atoms with E-state index in [9.17, 15) is 9.00 Å². The summed E-state index contributed by atoms with van der Waals surface area (Å²) in [5.74, 6) is 0.504. The molecule has 1 N–H and O–H groups in total. The molecule has 0 saturated carbocycles. The minimum atomic E-state index is -0.885. The van der Waals surface area contributed by atoms with E-state index in [2.05, 4.69) is 5.32 Å². The molecule has 1 saturated heterocycles. The number of urea groups is 1. The third-order valence-corrected chi connectivity index (χ3v) is 3.91. The highest BCUT2D eigenvalue weighted by atomic mass is 32.2. The first-order valence-corrected chi connectivity index (χ1v) is 7.65. The van der Waals surface area contributed by atoms with Crippen molar-refractivity contribution in [2.45, 2.75) is 31.9 Å². The topological polar surface area (TPSA) is 58.6 Å². The molecule has 1 heterocycles. The predicted molar refractivity (Wildman–Crippen MR) is 68.5 cm³/mol. The number of carbonyl (C=O) groups is 1. The van der Waals surface area contributed by atoms with Crippen molar-refractivity contribution in [3.05, 3.63) is 0 Å². The molecule has 0 aromatic heterocycles. The average Bonchev–Trinajstić information content (AvgIpc) is 2.76. The summed E-state index contributed by atoms with van der Waals surface area (Å²) >= 11 is 0. The van der Waals surface area contributed by atoms with Gasteiger partial charge < -0.3 is 15.0 Å². The van der Waals surface area contributed by atoms with E-state index in [-0.39, 0.29) is 18.2 Å². The molecule has 0 unspecified atom stereocenters. The summed E-state index contributed by atoms with van der Waals surface area (Å²) in [4.78, 5) is 13.4. The van der Waals surface area contributed by atoms with Crippen LogP contribution >= 0.6 is 0 Å². The Hall–Kier alpha value is -0.620. The van der Waals surface area contributed by atoms with Gasteiger partial charge in [-0.05, 0) is 19.8 Å². The molecule has 0 bridgehead atoms. The molecule has 0 aliphatic carbocycles. The van der Waals surface area contributed by atoms with Crippen molar-refractivity contribution < 1.29 is 13.7 Å². The van der Waals surface area contributed by atoms with Crippen LogP contribution in [0.4, 0.5) is 4.79 Å². The third kappa shape index (κ3) is 5.04. The van der Waals surface area contributed by atoms with Crippen LogP contribution in [0.5, 0.6) is 0 Å². The second-order valence-corrected chi connectivity index (χ2v) is 6.00. The van der Waals surface area contributed by atoms with Crippen LogP contribution in [0.3, 0.4) is 0 Å². The Labute approximate surface area is 105 Å². The maximum atomic E-state index is 11.8. The summed E-state index contributed by atoms with van der Waals surface area (Å²) in [5, 5.41) is 2.84. The molecule has 0 spiro atoms. The summed E-state index contributed by atoms with van der Waals surface area (Å²) in [7, 11) is 0.840. The van der Waals surface area contributed by atoms with Crippen molar-refractivity contribution in [2.75, 3.05) is 32.2 Å². The molecular weight excluding hydrogens is 240 g/mol. The Balaban J connectivity index is 2.27. The highest BCUT2D eigenvalue weighted by Crippen LogP contribution is 2.10. The number of rotatable bonds is 5. The van der Waals surface area contributed by atoms with Gasteiger partial charge >= 0.3 is 6.03 Å². The van der Waals surface area contributed by atoms with Gasteiger partial charge in [-0.25, -0.2) is 4.79 Å². The minimum Gasteiger partial charge on any atom is -0.376 e. The van der Waals surface area contributed by atoms with E-state index >= 15 is 0 Å². The van der Waals surface area contributed by atoms with Gasteiger partial charge in [0.15, 0.2) is 0 Å². The molecule has 3 atom stereocenters. The van der Waals surface area contributed by atoms with Crippen LogP contribution in [0.1, 0.15) is 19.8 Å². The highest BCUT2D eigenvalue weighted by molar-refractivity contribution is 7.84. The van der Waals surface area contributed by atoms with Crippen LogP contribution in [-0.4, -0.2) is 59.5 Å². The smallest absolute Gasteiger partial charge is 0.317 e. The van der Waals surface area contributed by atoms with E-state index < -0.39 is 10.8 Å². The quantitative estimate of drug-likeness (QED) is 0.788. The summed E-state index contributed by atoms with van der Waals surface area (Å²) in [6.07, 6.45) is 3.89. The number of nitrogens with one attached hydrogen (secondary N) is 1. The number of ether oxygens (including phenoxy) is 1. The van der Waals surface area contributed by atoms with E-state index in [1.807, 2.05) is 6.92 Å². The average molecular weight is 262 g/mol. The summed E-state index contributed by atoms with van der Waals surface area (Å²) in [6.45, 7) is 3.25. The van der Waals surface area contributed by atoms with Crippen LogP contribution in [-0.2, 0) is 15.5 Å². The van der Waals surface area contributed by atoms with Crippen LogP contribution in [0, 0.1) is 0 Å². The maximum absolute atomic E-state index is 11.8. The summed E-state index contributed by atoms with van der Waals surface area (Å²) < 4.78 is 16.5. The number of nitrogens with zero attached hydrogens (tertiary/aromatic N) is 1. The van der Waals surface area contributed by atoms with Gasteiger partial charge in [0.05, 0.1) is 6.10 Å². The molecule has 1 aliphatic rings. The number of carbonyl (C=O) groups excluding carboxylic acids is 1. The SMILES string of the molecule is C[C@H](C[S@@](C)=O)N(C)C(=O)NC[C@H]1CCCO1. The second-order valence-electron chi connectivity index (χ2n) is 4.52. The van der Waals surface area contributed by atoms with Crippen LogP contribution in [0.25, 0.3) is 0 Å². The fourth-order valence-electron chi connectivity index (χ4n) is 1.78.